The molecule has 198 valence electrons. The molecule has 0 saturated carbocycles. The van der Waals surface area contributed by atoms with Crippen LogP contribution in [0.25, 0.3) is 54.9 Å². The van der Waals surface area contributed by atoms with Crippen molar-refractivity contribution in [2.75, 3.05) is 14.1 Å². The Labute approximate surface area is 248 Å². The fourth-order valence-corrected chi connectivity index (χ4v) is 6.57. The molecule has 0 unspecified atom stereocenters. The molecule has 2 heteroatoms. The molecule has 1 aliphatic rings. The van der Waals surface area contributed by atoms with Crippen LogP contribution in [-0.2, 0) is 13.1 Å². The number of rotatable bonds is 2. The smallest absolute Gasteiger partial charge is 0.105 e. The fourth-order valence-electron chi connectivity index (χ4n) is 6.57. The summed E-state index contributed by atoms with van der Waals surface area (Å²) >= 11 is 0. The Kier molecular flexibility index (Phi) is 6.65. The van der Waals surface area contributed by atoms with Gasteiger partial charge >= 0.3 is 0 Å². The van der Waals surface area contributed by atoms with Crippen LogP contribution in [0, 0.1) is 13.8 Å². The maximum absolute atomic E-state index is 2.43. The van der Waals surface area contributed by atoms with Gasteiger partial charge in [0.25, 0.3) is 0 Å². The van der Waals surface area contributed by atoms with Crippen LogP contribution in [0.2, 0.25) is 0 Å². The van der Waals surface area contributed by atoms with Crippen molar-refractivity contribution in [1.29, 1.82) is 0 Å². The van der Waals surface area contributed by atoms with Gasteiger partial charge in [-0.3, -0.25) is 0 Å². The van der Waals surface area contributed by atoms with Crippen LogP contribution in [0.3, 0.4) is 0 Å². The minimum atomic E-state index is 0. The number of nitrogens with zero attached hydrogens (tertiary/aromatic N) is 1. The Morgan fingerprint density at radius 1 is 0.500 bits per heavy atom. The molecule has 6 aromatic carbocycles. The molecule has 1 aliphatic heterocycles. The van der Waals surface area contributed by atoms with Gasteiger partial charge in [0.05, 0.1) is 14.1 Å². The van der Waals surface area contributed by atoms with E-state index in [1.807, 2.05) is 0 Å². The molecule has 0 fully saturated rings. The molecule has 40 heavy (non-hydrogen) atoms. The van der Waals surface area contributed by atoms with E-state index in [1.165, 1.54) is 77.2 Å². The van der Waals surface area contributed by atoms with Gasteiger partial charge in [-0.05, 0) is 69.8 Å². The molecule has 1 heterocycles. The molecule has 0 spiro atoms. The lowest BCUT2D eigenvalue weighted by Crippen LogP contribution is -3.00. The minimum absolute atomic E-state index is 0. The maximum Gasteiger partial charge on any atom is 0.105 e. The van der Waals surface area contributed by atoms with Crippen LogP contribution in [0.15, 0.2) is 109 Å². The lowest BCUT2D eigenvalue weighted by Gasteiger charge is -2.30. The topological polar surface area (TPSA) is 0 Å². The Hall–Kier alpha value is -3.72. The van der Waals surface area contributed by atoms with E-state index in [0.717, 1.165) is 17.6 Å². The molecular formula is C38H34BrN. The van der Waals surface area contributed by atoms with Gasteiger partial charge in [-0.1, -0.05) is 108 Å². The van der Waals surface area contributed by atoms with E-state index in [9.17, 15) is 0 Å². The van der Waals surface area contributed by atoms with Gasteiger partial charge in [0, 0.05) is 22.3 Å². The zero-order valence-corrected chi connectivity index (χ0v) is 25.2. The van der Waals surface area contributed by atoms with Crippen molar-refractivity contribution < 1.29 is 21.5 Å². The summed E-state index contributed by atoms with van der Waals surface area (Å²) < 4.78 is 0.897. The van der Waals surface area contributed by atoms with E-state index in [-0.39, 0.29) is 17.0 Å². The van der Waals surface area contributed by atoms with Crippen LogP contribution in [0.1, 0.15) is 22.3 Å². The van der Waals surface area contributed by atoms with Gasteiger partial charge in [-0.2, -0.15) is 0 Å². The van der Waals surface area contributed by atoms with Crippen molar-refractivity contribution in [2.45, 2.75) is 26.9 Å². The van der Waals surface area contributed by atoms with Crippen molar-refractivity contribution in [1.82, 2.24) is 0 Å². The number of hydrogen-bond acceptors (Lipinski definition) is 0. The van der Waals surface area contributed by atoms with Crippen molar-refractivity contribution in [3.05, 3.63) is 131 Å². The van der Waals surface area contributed by atoms with Crippen LogP contribution in [0.4, 0.5) is 0 Å². The Bertz CT molecular complexity index is 1740. The van der Waals surface area contributed by atoms with Crippen LogP contribution in [-0.4, -0.2) is 18.6 Å². The lowest BCUT2D eigenvalue weighted by atomic mass is 9.82. The summed E-state index contributed by atoms with van der Waals surface area (Å²) in [6.07, 6.45) is 0. The standard InChI is InChI=1S/C38H34N.BrH/c1-25-13-17-27(18-14-25)33-21-29-9-5-7-11-31(29)37-35(33)23-39(3,4)24-36-34(28-19-15-26(2)16-20-28)22-30-10-6-8-12-32(30)38(36)37;/h5-22H,23-24H2,1-4H3;1H/q+1;/p-1. The van der Waals surface area contributed by atoms with Crippen LogP contribution < -0.4 is 17.0 Å². The predicted molar refractivity (Wildman–Crippen MR) is 167 cm³/mol. The van der Waals surface area contributed by atoms with Gasteiger partial charge in [-0.25, -0.2) is 0 Å². The summed E-state index contributed by atoms with van der Waals surface area (Å²) in [6.45, 7) is 6.28. The first kappa shape index (κ1) is 26.5. The summed E-state index contributed by atoms with van der Waals surface area (Å²) in [5.41, 5.74) is 13.6. The van der Waals surface area contributed by atoms with Gasteiger partial charge in [0.1, 0.15) is 13.1 Å². The van der Waals surface area contributed by atoms with E-state index in [0.29, 0.717) is 0 Å². The highest BCUT2D eigenvalue weighted by Crippen LogP contribution is 2.49. The molecule has 1 nitrogen and oxygen atoms in total. The normalized spacial score (nSPS) is 13.8. The lowest BCUT2D eigenvalue weighted by molar-refractivity contribution is -0.916. The third-order valence-electron chi connectivity index (χ3n) is 8.46. The maximum atomic E-state index is 2.43. The van der Waals surface area contributed by atoms with Crippen LogP contribution >= 0.6 is 0 Å². The molecule has 0 aromatic heterocycles. The molecular weight excluding hydrogens is 550 g/mol. The SMILES string of the molecule is Cc1ccc(-c2cc3ccccc3c3c2C[N+](C)(C)Cc2c(-c4ccc(C)cc4)cc4ccccc4c2-3)cc1.[Br-]. The van der Waals surface area contributed by atoms with Gasteiger partial charge in [0.2, 0.25) is 0 Å². The summed E-state index contributed by atoms with van der Waals surface area (Å²) in [5, 5.41) is 5.29. The molecule has 6 aromatic rings. The van der Waals surface area contributed by atoms with Crippen molar-refractivity contribution in [3.8, 4) is 33.4 Å². The fraction of sp³-hybridized carbons (Fsp3) is 0.158. The zero-order valence-electron chi connectivity index (χ0n) is 23.6. The molecule has 7 rings (SSSR count). The second-order valence-electron chi connectivity index (χ2n) is 12.0. The Morgan fingerprint density at radius 3 is 1.27 bits per heavy atom. The molecule has 0 aliphatic carbocycles. The van der Waals surface area contributed by atoms with E-state index >= 15 is 0 Å². The first-order chi connectivity index (χ1) is 18.9. The number of quaternary nitrogens is 1. The highest BCUT2D eigenvalue weighted by atomic mass is 79.9. The first-order valence-electron chi connectivity index (χ1n) is 13.9. The molecule has 0 saturated heterocycles. The third kappa shape index (κ3) is 4.46. The van der Waals surface area contributed by atoms with Gasteiger partial charge in [-0.15, -0.1) is 0 Å². The largest absolute Gasteiger partial charge is 1.00 e. The minimum Gasteiger partial charge on any atom is -1.00 e. The van der Waals surface area contributed by atoms with Crippen molar-refractivity contribution in [3.63, 3.8) is 0 Å². The van der Waals surface area contributed by atoms with Crippen LogP contribution in [0.5, 0.6) is 0 Å². The van der Waals surface area contributed by atoms with Crippen molar-refractivity contribution in [2.24, 2.45) is 0 Å². The number of fused-ring (bicyclic) bond motifs is 7. The highest BCUT2D eigenvalue weighted by molar-refractivity contribution is 6.11. The molecule has 0 atom stereocenters. The Balaban J connectivity index is 0.00000289. The second kappa shape index (κ2) is 10.0. The van der Waals surface area contributed by atoms with Gasteiger partial charge < -0.3 is 21.5 Å². The third-order valence-corrected chi connectivity index (χ3v) is 8.46. The quantitative estimate of drug-likeness (QED) is 0.199. The van der Waals surface area contributed by atoms with Gasteiger partial charge in [0.15, 0.2) is 0 Å². The molecule has 0 radical (unpaired) electrons. The van der Waals surface area contributed by atoms with Crippen molar-refractivity contribution >= 4 is 21.5 Å². The number of halogens is 1. The zero-order chi connectivity index (χ0) is 26.7. The number of aryl methyl sites for hydroxylation is 2. The number of benzene rings is 6. The number of hydrogen-bond donors (Lipinski definition) is 0. The molecule has 0 amide bonds. The monoisotopic (exact) mass is 583 g/mol. The van der Waals surface area contributed by atoms with E-state index < -0.39 is 0 Å². The highest BCUT2D eigenvalue weighted by Gasteiger charge is 2.33. The predicted octanol–water partition coefficient (Wildman–Crippen LogP) is 6.70. The summed E-state index contributed by atoms with van der Waals surface area (Å²) in [7, 11) is 4.78. The second-order valence-corrected chi connectivity index (χ2v) is 12.0. The Morgan fingerprint density at radius 2 is 0.875 bits per heavy atom. The van der Waals surface area contributed by atoms with E-state index in [4.69, 9.17) is 0 Å². The summed E-state index contributed by atoms with van der Waals surface area (Å²) in [5.74, 6) is 0. The first-order valence-corrected chi connectivity index (χ1v) is 13.9. The summed E-state index contributed by atoms with van der Waals surface area (Å²) in [6, 6.07) is 41.0. The molecule has 0 bridgehead atoms. The molecule has 0 N–H and O–H groups in total. The summed E-state index contributed by atoms with van der Waals surface area (Å²) in [4.78, 5) is 0. The average Bonchev–Trinajstić information content (AvgIpc) is 3.06. The average molecular weight is 585 g/mol. The van der Waals surface area contributed by atoms with E-state index in [1.54, 1.807) is 0 Å². The van der Waals surface area contributed by atoms with E-state index in [2.05, 4.69) is 137 Å².